The first-order valence-electron chi connectivity index (χ1n) is 6.93. The quantitative estimate of drug-likeness (QED) is 0.891. The monoisotopic (exact) mass is 249 g/mol. The molecule has 1 saturated heterocycles. The fourth-order valence-corrected chi connectivity index (χ4v) is 2.53. The van der Waals surface area contributed by atoms with Crippen LogP contribution in [0.25, 0.3) is 0 Å². The third kappa shape index (κ3) is 3.30. The predicted molar refractivity (Wildman–Crippen MR) is 71.5 cm³/mol. The van der Waals surface area contributed by atoms with Crippen LogP contribution in [0.5, 0.6) is 0 Å². The fourth-order valence-electron chi connectivity index (χ4n) is 2.53. The van der Waals surface area contributed by atoms with Gasteiger partial charge in [0.05, 0.1) is 11.7 Å². The van der Waals surface area contributed by atoms with Crippen molar-refractivity contribution in [1.82, 2.24) is 4.98 Å². The van der Waals surface area contributed by atoms with Crippen LogP contribution in [0, 0.1) is 0 Å². The van der Waals surface area contributed by atoms with Crippen LogP contribution in [0.15, 0.2) is 18.3 Å². The number of aliphatic hydroxyl groups is 1. The third-order valence-electron chi connectivity index (χ3n) is 3.79. The van der Waals surface area contributed by atoms with E-state index in [0.717, 1.165) is 25.0 Å². The number of hydrogen-bond donors (Lipinski definition) is 1. The number of aromatic nitrogens is 1. The summed E-state index contributed by atoms with van der Waals surface area (Å²) in [5.41, 5.74) is 1.58. The molecule has 2 atom stereocenters. The van der Waals surface area contributed by atoms with E-state index in [9.17, 15) is 5.11 Å². The minimum Gasteiger partial charge on any atom is -0.389 e. The van der Waals surface area contributed by atoms with Gasteiger partial charge in [-0.3, -0.25) is 4.98 Å². The lowest BCUT2D eigenvalue weighted by molar-refractivity contribution is -0.103. The van der Waals surface area contributed by atoms with Crippen molar-refractivity contribution in [3.05, 3.63) is 29.6 Å². The number of ether oxygens (including phenoxy) is 1. The second-order valence-corrected chi connectivity index (χ2v) is 5.27. The molecule has 3 heteroatoms. The van der Waals surface area contributed by atoms with Crippen molar-refractivity contribution < 1.29 is 9.84 Å². The number of nitrogens with zero attached hydrogens (tertiary/aromatic N) is 1. The van der Waals surface area contributed by atoms with Gasteiger partial charge < -0.3 is 9.84 Å². The van der Waals surface area contributed by atoms with Gasteiger partial charge in [0.2, 0.25) is 0 Å². The first kappa shape index (κ1) is 13.5. The average molecular weight is 249 g/mol. The van der Waals surface area contributed by atoms with Crippen LogP contribution in [-0.4, -0.2) is 28.4 Å². The maximum absolute atomic E-state index is 10.6. The van der Waals surface area contributed by atoms with Gasteiger partial charge in [-0.25, -0.2) is 0 Å². The van der Waals surface area contributed by atoms with E-state index in [1.165, 1.54) is 5.56 Å². The van der Waals surface area contributed by atoms with E-state index in [4.69, 9.17) is 4.74 Å². The summed E-state index contributed by atoms with van der Waals surface area (Å²) in [6, 6.07) is 4.13. The van der Waals surface area contributed by atoms with Crippen molar-refractivity contribution in [2.24, 2.45) is 0 Å². The Hall–Kier alpha value is -0.930. The molecule has 1 fully saturated rings. The van der Waals surface area contributed by atoms with Crippen LogP contribution in [-0.2, 0) is 17.6 Å². The van der Waals surface area contributed by atoms with Crippen molar-refractivity contribution in [1.29, 1.82) is 0 Å². The Morgan fingerprint density at radius 3 is 2.89 bits per heavy atom. The standard InChI is InChI=1S/C15H23NO2/c1-3-12-5-6-13(16-11-12)9-15(17)7-8-18-14(4-2)10-15/h5-6,11,14,17H,3-4,7-10H2,1-2H3. The molecule has 18 heavy (non-hydrogen) atoms. The molecule has 2 heterocycles. The highest BCUT2D eigenvalue weighted by atomic mass is 16.5. The zero-order valence-electron chi connectivity index (χ0n) is 11.4. The lowest BCUT2D eigenvalue weighted by Crippen LogP contribution is -2.42. The molecule has 0 bridgehead atoms. The second-order valence-electron chi connectivity index (χ2n) is 5.27. The van der Waals surface area contributed by atoms with Gasteiger partial charge in [-0.2, -0.15) is 0 Å². The number of hydrogen-bond acceptors (Lipinski definition) is 3. The molecule has 2 rings (SSSR count). The molecule has 0 spiro atoms. The zero-order chi connectivity index (χ0) is 13.0. The molecular formula is C15H23NO2. The van der Waals surface area contributed by atoms with Crippen molar-refractivity contribution in [2.75, 3.05) is 6.61 Å². The molecule has 0 aliphatic carbocycles. The normalized spacial score (nSPS) is 28.3. The highest BCUT2D eigenvalue weighted by molar-refractivity contribution is 5.15. The molecule has 3 nitrogen and oxygen atoms in total. The van der Waals surface area contributed by atoms with Gasteiger partial charge in [-0.05, 0) is 30.9 Å². The van der Waals surface area contributed by atoms with Crippen LogP contribution in [0.4, 0.5) is 0 Å². The van der Waals surface area contributed by atoms with Gasteiger partial charge in [0.25, 0.3) is 0 Å². The topological polar surface area (TPSA) is 42.4 Å². The lowest BCUT2D eigenvalue weighted by atomic mass is 9.85. The summed E-state index contributed by atoms with van der Waals surface area (Å²) in [6.45, 7) is 4.88. The molecule has 0 radical (unpaired) electrons. The van der Waals surface area contributed by atoms with Crippen LogP contribution >= 0.6 is 0 Å². The third-order valence-corrected chi connectivity index (χ3v) is 3.79. The Morgan fingerprint density at radius 2 is 2.28 bits per heavy atom. The molecule has 1 aromatic rings. The summed E-state index contributed by atoms with van der Waals surface area (Å²) >= 11 is 0. The van der Waals surface area contributed by atoms with Gasteiger partial charge >= 0.3 is 0 Å². The minimum absolute atomic E-state index is 0.193. The van der Waals surface area contributed by atoms with Gasteiger partial charge in [-0.1, -0.05) is 19.9 Å². The molecule has 0 amide bonds. The van der Waals surface area contributed by atoms with E-state index in [2.05, 4.69) is 24.9 Å². The van der Waals surface area contributed by atoms with Gasteiger partial charge in [0, 0.05) is 31.3 Å². The Bertz CT molecular complexity index is 377. The van der Waals surface area contributed by atoms with Crippen LogP contribution in [0.3, 0.4) is 0 Å². The van der Waals surface area contributed by atoms with Crippen LogP contribution in [0.1, 0.15) is 44.4 Å². The Balaban J connectivity index is 2.02. The van der Waals surface area contributed by atoms with E-state index in [-0.39, 0.29) is 6.10 Å². The van der Waals surface area contributed by atoms with E-state index >= 15 is 0 Å². The highest BCUT2D eigenvalue weighted by Crippen LogP contribution is 2.29. The van der Waals surface area contributed by atoms with E-state index in [1.54, 1.807) is 0 Å². The van der Waals surface area contributed by atoms with Crippen LogP contribution < -0.4 is 0 Å². The first-order chi connectivity index (χ1) is 8.65. The smallest absolute Gasteiger partial charge is 0.0749 e. The Labute approximate surface area is 109 Å². The molecule has 100 valence electrons. The highest BCUT2D eigenvalue weighted by Gasteiger charge is 2.34. The summed E-state index contributed by atoms with van der Waals surface area (Å²) in [6.07, 6.45) is 6.14. The SMILES string of the molecule is CCc1ccc(CC2(O)CCOC(CC)C2)nc1. The molecule has 0 saturated carbocycles. The molecule has 0 aromatic carbocycles. The lowest BCUT2D eigenvalue weighted by Gasteiger charge is -2.36. The van der Waals surface area contributed by atoms with Crippen molar-refractivity contribution in [2.45, 2.75) is 57.7 Å². The molecule has 1 N–H and O–H groups in total. The van der Waals surface area contributed by atoms with Crippen molar-refractivity contribution in [3.63, 3.8) is 0 Å². The molecule has 2 unspecified atom stereocenters. The average Bonchev–Trinajstić information content (AvgIpc) is 2.39. The number of pyridine rings is 1. The Kier molecular flexibility index (Phi) is 4.36. The fraction of sp³-hybridized carbons (Fsp3) is 0.667. The molecule has 1 aliphatic heterocycles. The molecule has 1 aliphatic rings. The number of rotatable bonds is 4. The van der Waals surface area contributed by atoms with Crippen molar-refractivity contribution >= 4 is 0 Å². The second kappa shape index (κ2) is 5.81. The van der Waals surface area contributed by atoms with Gasteiger partial charge in [0.1, 0.15) is 0 Å². The van der Waals surface area contributed by atoms with Crippen LogP contribution in [0.2, 0.25) is 0 Å². The maximum atomic E-state index is 10.6. The van der Waals surface area contributed by atoms with Gasteiger partial charge in [0.15, 0.2) is 0 Å². The Morgan fingerprint density at radius 1 is 1.44 bits per heavy atom. The van der Waals surface area contributed by atoms with E-state index in [0.29, 0.717) is 19.4 Å². The summed E-state index contributed by atoms with van der Waals surface area (Å²) in [5.74, 6) is 0. The number of aryl methyl sites for hydroxylation is 1. The zero-order valence-corrected chi connectivity index (χ0v) is 11.4. The molecular weight excluding hydrogens is 226 g/mol. The summed E-state index contributed by atoms with van der Waals surface area (Å²) < 4.78 is 5.62. The largest absolute Gasteiger partial charge is 0.389 e. The maximum Gasteiger partial charge on any atom is 0.0749 e. The summed E-state index contributed by atoms with van der Waals surface area (Å²) in [4.78, 5) is 4.44. The van der Waals surface area contributed by atoms with E-state index < -0.39 is 5.60 Å². The first-order valence-corrected chi connectivity index (χ1v) is 6.93. The summed E-state index contributed by atoms with van der Waals surface area (Å²) in [5, 5.41) is 10.6. The minimum atomic E-state index is -0.639. The van der Waals surface area contributed by atoms with Crippen molar-refractivity contribution in [3.8, 4) is 0 Å². The van der Waals surface area contributed by atoms with E-state index in [1.807, 2.05) is 12.3 Å². The predicted octanol–water partition coefficient (Wildman–Crippen LogP) is 2.51. The summed E-state index contributed by atoms with van der Waals surface area (Å²) in [7, 11) is 0. The molecule has 1 aromatic heterocycles. The van der Waals surface area contributed by atoms with Gasteiger partial charge in [-0.15, -0.1) is 0 Å².